The number of H-pyrrole nitrogens is 1. The Labute approximate surface area is 183 Å². The highest BCUT2D eigenvalue weighted by Gasteiger charge is 2.09. The molecule has 1 heterocycles. The molecule has 0 radical (unpaired) electrons. The molecule has 4 rings (SSSR count). The van der Waals surface area contributed by atoms with Gasteiger partial charge in [0.25, 0.3) is 0 Å². The van der Waals surface area contributed by atoms with Crippen LogP contribution in [0.5, 0.6) is 5.75 Å². The summed E-state index contributed by atoms with van der Waals surface area (Å²) in [6.45, 7) is 0. The number of imidazole rings is 1. The molecule has 3 aromatic carbocycles. The second-order valence-electron chi connectivity index (χ2n) is 6.51. The number of carbonyl (C=O) groups excluding carboxylic acids is 1. The lowest BCUT2D eigenvalue weighted by molar-refractivity contribution is -0.111. The Morgan fingerprint density at radius 2 is 1.87 bits per heavy atom. The van der Waals surface area contributed by atoms with Crippen molar-refractivity contribution in [2.45, 2.75) is 0 Å². The molecule has 0 saturated heterocycles. The predicted molar refractivity (Wildman–Crippen MR) is 122 cm³/mol. The molecule has 150 valence electrons. The molecule has 0 fully saturated rings. The van der Waals surface area contributed by atoms with Crippen LogP contribution in [0.3, 0.4) is 0 Å². The Bertz CT molecular complexity index is 1210. The van der Waals surface area contributed by atoms with Gasteiger partial charge in [-0.15, -0.1) is 0 Å². The second kappa shape index (κ2) is 8.61. The molecule has 0 aliphatic carbocycles. The molecule has 2 N–H and O–H groups in total. The third-order valence-electron chi connectivity index (χ3n) is 4.47. The average Bonchev–Trinajstić information content (AvgIpc) is 3.17. The third-order valence-corrected chi connectivity index (χ3v) is 4.97. The maximum absolute atomic E-state index is 12.3. The fourth-order valence-electron chi connectivity index (χ4n) is 3.07. The van der Waals surface area contributed by atoms with Crippen LogP contribution < -0.4 is 10.1 Å². The van der Waals surface area contributed by atoms with E-state index in [1.54, 1.807) is 18.2 Å². The Kier molecular flexibility index (Phi) is 5.74. The number of benzene rings is 3. The van der Waals surface area contributed by atoms with E-state index in [4.69, 9.17) is 27.9 Å². The SMILES string of the molecule is COc1c(Cl)cc(Cl)cc1/C=C/C(=O)Nc1ccc(-c2nc3ccccc3[nH]2)cc1. The molecule has 0 unspecified atom stereocenters. The average molecular weight is 438 g/mol. The number of nitrogens with zero attached hydrogens (tertiary/aromatic N) is 1. The minimum Gasteiger partial charge on any atom is -0.495 e. The van der Waals surface area contributed by atoms with Crippen molar-refractivity contribution in [1.29, 1.82) is 0 Å². The van der Waals surface area contributed by atoms with Crippen molar-refractivity contribution in [3.8, 4) is 17.1 Å². The van der Waals surface area contributed by atoms with E-state index in [-0.39, 0.29) is 5.91 Å². The van der Waals surface area contributed by atoms with Crippen LogP contribution in [0.15, 0.2) is 66.7 Å². The number of aromatic amines is 1. The molecule has 0 bridgehead atoms. The number of carbonyl (C=O) groups is 1. The summed E-state index contributed by atoms with van der Waals surface area (Å²) in [6, 6.07) is 18.6. The Morgan fingerprint density at radius 3 is 2.60 bits per heavy atom. The van der Waals surface area contributed by atoms with Crippen molar-refractivity contribution in [2.75, 3.05) is 12.4 Å². The van der Waals surface area contributed by atoms with Crippen LogP contribution in [0.2, 0.25) is 10.0 Å². The normalized spacial score (nSPS) is 11.2. The van der Waals surface area contributed by atoms with Gasteiger partial charge in [-0.2, -0.15) is 0 Å². The summed E-state index contributed by atoms with van der Waals surface area (Å²) in [7, 11) is 1.51. The molecule has 1 amide bonds. The topological polar surface area (TPSA) is 67.0 Å². The number of nitrogens with one attached hydrogen (secondary N) is 2. The van der Waals surface area contributed by atoms with Gasteiger partial charge in [-0.1, -0.05) is 35.3 Å². The smallest absolute Gasteiger partial charge is 0.248 e. The van der Waals surface area contributed by atoms with Crippen molar-refractivity contribution in [1.82, 2.24) is 9.97 Å². The highest BCUT2D eigenvalue weighted by Crippen LogP contribution is 2.33. The third kappa shape index (κ3) is 4.32. The molecule has 7 heteroatoms. The maximum atomic E-state index is 12.3. The van der Waals surface area contributed by atoms with Crippen molar-refractivity contribution in [3.63, 3.8) is 0 Å². The summed E-state index contributed by atoms with van der Waals surface area (Å²) < 4.78 is 5.28. The fraction of sp³-hybridized carbons (Fsp3) is 0.0435. The zero-order valence-corrected chi connectivity index (χ0v) is 17.5. The molecule has 0 spiro atoms. The van der Waals surface area contributed by atoms with E-state index >= 15 is 0 Å². The van der Waals surface area contributed by atoms with Crippen molar-refractivity contribution >= 4 is 51.9 Å². The van der Waals surface area contributed by atoms with Gasteiger partial charge in [0.05, 0.1) is 23.2 Å². The molecule has 5 nitrogen and oxygen atoms in total. The van der Waals surface area contributed by atoms with Crippen LogP contribution in [0.25, 0.3) is 28.5 Å². The van der Waals surface area contributed by atoms with Gasteiger partial charge in [0.2, 0.25) is 5.91 Å². The molecular formula is C23H17Cl2N3O2. The van der Waals surface area contributed by atoms with Crippen LogP contribution in [-0.2, 0) is 4.79 Å². The van der Waals surface area contributed by atoms with Crippen LogP contribution in [-0.4, -0.2) is 23.0 Å². The number of anilines is 1. The van der Waals surface area contributed by atoms with Gasteiger partial charge in [-0.25, -0.2) is 4.98 Å². The van der Waals surface area contributed by atoms with Crippen LogP contribution in [0, 0.1) is 0 Å². The zero-order valence-electron chi connectivity index (χ0n) is 15.9. The van der Waals surface area contributed by atoms with Gasteiger partial charge < -0.3 is 15.0 Å². The number of hydrogen-bond acceptors (Lipinski definition) is 3. The lowest BCUT2D eigenvalue weighted by Crippen LogP contribution is -2.07. The first-order valence-electron chi connectivity index (χ1n) is 9.11. The Hall–Kier alpha value is -3.28. The molecule has 0 aliphatic rings. The first kappa shape index (κ1) is 20.0. The zero-order chi connectivity index (χ0) is 21.1. The number of ether oxygens (including phenoxy) is 1. The minimum absolute atomic E-state index is 0.287. The molecule has 0 saturated carbocycles. The van der Waals surface area contributed by atoms with Gasteiger partial charge >= 0.3 is 0 Å². The number of amides is 1. The number of rotatable bonds is 5. The summed E-state index contributed by atoms with van der Waals surface area (Å²) in [5.41, 5.74) is 4.10. The standard InChI is InChI=1S/C23H17Cl2N3O2/c1-30-22-15(12-16(24)13-18(22)25)8-11-21(29)26-17-9-6-14(7-10-17)23-27-19-4-2-3-5-20(19)28-23/h2-13H,1H3,(H,26,29)(H,27,28)/b11-8+. The number of halogens is 2. The Balaban J connectivity index is 1.47. The molecular weight excluding hydrogens is 421 g/mol. The van der Waals surface area contributed by atoms with Crippen LogP contribution >= 0.6 is 23.2 Å². The quantitative estimate of drug-likeness (QED) is 0.365. The first-order chi connectivity index (χ1) is 14.5. The van der Waals surface area contributed by atoms with E-state index in [2.05, 4.69) is 15.3 Å². The van der Waals surface area contributed by atoms with E-state index in [0.717, 1.165) is 22.4 Å². The molecule has 0 atom stereocenters. The summed E-state index contributed by atoms with van der Waals surface area (Å²) in [5, 5.41) is 3.66. The van der Waals surface area contributed by atoms with E-state index in [9.17, 15) is 4.79 Å². The van der Waals surface area contributed by atoms with Gasteiger partial charge in [0, 0.05) is 27.9 Å². The van der Waals surface area contributed by atoms with Crippen molar-refractivity contribution in [2.24, 2.45) is 0 Å². The van der Waals surface area contributed by atoms with Gasteiger partial charge in [0.15, 0.2) is 0 Å². The first-order valence-corrected chi connectivity index (χ1v) is 9.86. The summed E-state index contributed by atoms with van der Waals surface area (Å²) in [5.74, 6) is 0.948. The lowest BCUT2D eigenvalue weighted by Gasteiger charge is -2.08. The van der Waals surface area contributed by atoms with Gasteiger partial charge in [-0.05, 0) is 54.6 Å². The predicted octanol–water partition coefficient (Wildman–Crippen LogP) is 6.20. The van der Waals surface area contributed by atoms with Crippen molar-refractivity contribution < 1.29 is 9.53 Å². The maximum Gasteiger partial charge on any atom is 0.248 e. The largest absolute Gasteiger partial charge is 0.495 e. The molecule has 0 aliphatic heterocycles. The van der Waals surface area contributed by atoms with E-state index in [1.165, 1.54) is 13.2 Å². The van der Waals surface area contributed by atoms with E-state index in [0.29, 0.717) is 27.0 Å². The number of fused-ring (bicyclic) bond motifs is 1. The van der Waals surface area contributed by atoms with Gasteiger partial charge in [0.1, 0.15) is 11.6 Å². The van der Waals surface area contributed by atoms with Gasteiger partial charge in [-0.3, -0.25) is 4.79 Å². The minimum atomic E-state index is -0.287. The lowest BCUT2D eigenvalue weighted by atomic mass is 10.1. The second-order valence-corrected chi connectivity index (χ2v) is 7.36. The number of methoxy groups -OCH3 is 1. The monoisotopic (exact) mass is 437 g/mol. The highest BCUT2D eigenvalue weighted by molar-refractivity contribution is 6.36. The van der Waals surface area contributed by atoms with Crippen molar-refractivity contribution in [3.05, 3.63) is 82.3 Å². The summed E-state index contributed by atoms with van der Waals surface area (Å²) in [6.07, 6.45) is 3.01. The number of aromatic nitrogens is 2. The molecule has 30 heavy (non-hydrogen) atoms. The molecule has 1 aromatic heterocycles. The van der Waals surface area contributed by atoms with E-state index < -0.39 is 0 Å². The summed E-state index contributed by atoms with van der Waals surface area (Å²) in [4.78, 5) is 20.2. The molecule has 4 aromatic rings. The fourth-order valence-corrected chi connectivity index (χ4v) is 3.66. The Morgan fingerprint density at radius 1 is 1.10 bits per heavy atom. The van der Waals surface area contributed by atoms with Crippen LogP contribution in [0.4, 0.5) is 5.69 Å². The number of para-hydroxylation sites is 2. The number of hydrogen-bond donors (Lipinski definition) is 2. The summed E-state index contributed by atoms with van der Waals surface area (Å²) >= 11 is 12.2. The van der Waals surface area contributed by atoms with E-state index in [1.807, 2.05) is 48.5 Å². The van der Waals surface area contributed by atoms with Crippen LogP contribution in [0.1, 0.15) is 5.56 Å². The highest BCUT2D eigenvalue weighted by atomic mass is 35.5.